The molecule has 5 rings (SSSR count). The van der Waals surface area contributed by atoms with Crippen LogP contribution in [0.25, 0.3) is 0 Å². The summed E-state index contributed by atoms with van der Waals surface area (Å²) in [6.07, 6.45) is 2.36. The molecule has 0 saturated carbocycles. The highest BCUT2D eigenvalue weighted by atomic mass is 15.0. The highest BCUT2D eigenvalue weighted by Crippen LogP contribution is 2.45. The second kappa shape index (κ2) is 4.99. The van der Waals surface area contributed by atoms with Crippen molar-refractivity contribution in [3.05, 3.63) is 70.8 Å². The van der Waals surface area contributed by atoms with E-state index in [0.717, 1.165) is 12.3 Å². The Labute approximate surface area is 127 Å². The average Bonchev–Trinajstić information content (AvgIpc) is 2.71. The fourth-order valence-electron chi connectivity index (χ4n) is 4.28. The van der Waals surface area contributed by atoms with E-state index in [2.05, 4.69) is 67.7 Å². The van der Waals surface area contributed by atoms with Crippen LogP contribution in [0.3, 0.4) is 0 Å². The van der Waals surface area contributed by atoms with Gasteiger partial charge in [0.25, 0.3) is 0 Å². The van der Waals surface area contributed by atoms with E-state index in [1.807, 2.05) is 0 Å². The molecule has 108 valence electrons. The van der Waals surface area contributed by atoms with Crippen LogP contribution in [0.4, 0.5) is 0 Å². The molecule has 1 heteroatoms. The van der Waals surface area contributed by atoms with Crippen LogP contribution in [0.15, 0.2) is 48.5 Å². The predicted molar refractivity (Wildman–Crippen MR) is 87.6 cm³/mol. The molecule has 2 heterocycles. The third-order valence-corrected chi connectivity index (χ3v) is 5.06. The van der Waals surface area contributed by atoms with Gasteiger partial charge in [-0.15, -0.1) is 0 Å². The normalized spacial score (nSPS) is 26.3. The Morgan fingerprint density at radius 2 is 1.62 bits per heavy atom. The summed E-state index contributed by atoms with van der Waals surface area (Å²) in [5.41, 5.74) is 6.14. The van der Waals surface area contributed by atoms with E-state index in [1.54, 1.807) is 11.1 Å². The lowest BCUT2D eigenvalue weighted by atomic mass is 9.77. The Balaban J connectivity index is 1.90. The van der Waals surface area contributed by atoms with E-state index >= 15 is 0 Å². The first kappa shape index (κ1) is 13.1. The van der Waals surface area contributed by atoms with Gasteiger partial charge in [0.2, 0.25) is 0 Å². The molecule has 0 amide bonds. The lowest BCUT2D eigenvalue weighted by molar-refractivity contribution is 0.336. The fourth-order valence-corrected chi connectivity index (χ4v) is 4.28. The van der Waals surface area contributed by atoms with Crippen molar-refractivity contribution in [3.63, 3.8) is 0 Å². The van der Waals surface area contributed by atoms with Crippen molar-refractivity contribution in [2.24, 2.45) is 5.92 Å². The van der Waals surface area contributed by atoms with Gasteiger partial charge >= 0.3 is 0 Å². The summed E-state index contributed by atoms with van der Waals surface area (Å²) in [6, 6.07) is 19.1. The van der Waals surface area contributed by atoms with Gasteiger partial charge in [0.05, 0.1) is 0 Å². The molecule has 0 fully saturated rings. The van der Waals surface area contributed by atoms with Crippen LogP contribution in [0, 0.1) is 5.92 Å². The first-order valence-electron chi connectivity index (χ1n) is 8.16. The Bertz CT molecular complexity index is 658. The van der Waals surface area contributed by atoms with Crippen molar-refractivity contribution in [2.45, 2.75) is 44.7 Å². The molecule has 1 N–H and O–H groups in total. The molecule has 0 aromatic heterocycles. The van der Waals surface area contributed by atoms with Gasteiger partial charge in [0.1, 0.15) is 0 Å². The summed E-state index contributed by atoms with van der Waals surface area (Å²) < 4.78 is 0. The van der Waals surface area contributed by atoms with Crippen LogP contribution >= 0.6 is 0 Å². The summed E-state index contributed by atoms with van der Waals surface area (Å²) in [7, 11) is 0. The first-order chi connectivity index (χ1) is 10.2. The van der Waals surface area contributed by atoms with Crippen molar-refractivity contribution in [3.8, 4) is 0 Å². The molecule has 21 heavy (non-hydrogen) atoms. The van der Waals surface area contributed by atoms with Gasteiger partial charge in [0.15, 0.2) is 0 Å². The van der Waals surface area contributed by atoms with E-state index < -0.39 is 0 Å². The van der Waals surface area contributed by atoms with Crippen LogP contribution in [0.2, 0.25) is 0 Å². The van der Waals surface area contributed by atoms with E-state index in [0.29, 0.717) is 18.0 Å². The van der Waals surface area contributed by atoms with Gasteiger partial charge in [-0.05, 0) is 41.0 Å². The number of hydrogen-bond donors (Lipinski definition) is 1. The average molecular weight is 277 g/mol. The monoisotopic (exact) mass is 277 g/mol. The number of nitrogens with one attached hydrogen (secondary N) is 1. The smallest absolute Gasteiger partial charge is 0.0366 e. The number of hydrogen-bond acceptors (Lipinski definition) is 1. The zero-order valence-electron chi connectivity index (χ0n) is 12.8. The number of rotatable bonds is 2. The molecular weight excluding hydrogens is 254 g/mol. The lowest BCUT2D eigenvalue weighted by Gasteiger charge is -2.37. The Morgan fingerprint density at radius 1 is 0.952 bits per heavy atom. The van der Waals surface area contributed by atoms with E-state index in [-0.39, 0.29) is 0 Å². The molecule has 0 unspecified atom stereocenters. The lowest BCUT2D eigenvalue weighted by Crippen LogP contribution is -2.42. The molecule has 3 atom stereocenters. The minimum absolute atomic E-state index is 0.477. The Kier molecular flexibility index (Phi) is 3.11. The molecule has 1 aliphatic carbocycles. The number of fused-ring (bicyclic) bond motifs is 1. The highest BCUT2D eigenvalue weighted by molar-refractivity contribution is 5.49. The molecule has 2 bridgehead atoms. The van der Waals surface area contributed by atoms with Crippen molar-refractivity contribution < 1.29 is 0 Å². The van der Waals surface area contributed by atoms with Crippen molar-refractivity contribution >= 4 is 0 Å². The van der Waals surface area contributed by atoms with E-state index in [1.165, 1.54) is 17.5 Å². The summed E-state index contributed by atoms with van der Waals surface area (Å²) in [6.45, 7) is 4.66. The SMILES string of the molecule is CC(C)C[C@@H]1N[C@H]2Cc3ccccc3[C@@H]1c1ccccc12. The van der Waals surface area contributed by atoms with Crippen molar-refractivity contribution in [1.29, 1.82) is 0 Å². The summed E-state index contributed by atoms with van der Waals surface area (Å²) >= 11 is 0. The predicted octanol–water partition coefficient (Wildman–Crippen LogP) is 4.43. The minimum atomic E-state index is 0.477. The molecule has 0 spiro atoms. The van der Waals surface area contributed by atoms with Crippen molar-refractivity contribution in [2.75, 3.05) is 0 Å². The third-order valence-electron chi connectivity index (χ3n) is 5.06. The van der Waals surface area contributed by atoms with Gasteiger partial charge in [-0.3, -0.25) is 0 Å². The highest BCUT2D eigenvalue weighted by Gasteiger charge is 2.39. The van der Waals surface area contributed by atoms with E-state index in [4.69, 9.17) is 0 Å². The van der Waals surface area contributed by atoms with Gasteiger partial charge < -0.3 is 5.32 Å². The number of benzene rings is 2. The van der Waals surface area contributed by atoms with Gasteiger partial charge in [-0.1, -0.05) is 62.4 Å². The molecule has 2 aliphatic heterocycles. The maximum Gasteiger partial charge on any atom is 0.0366 e. The first-order valence-corrected chi connectivity index (χ1v) is 8.16. The van der Waals surface area contributed by atoms with Gasteiger partial charge in [0, 0.05) is 18.0 Å². The van der Waals surface area contributed by atoms with Gasteiger partial charge in [-0.25, -0.2) is 0 Å². The van der Waals surface area contributed by atoms with Crippen LogP contribution in [-0.2, 0) is 6.42 Å². The van der Waals surface area contributed by atoms with Crippen molar-refractivity contribution in [1.82, 2.24) is 5.32 Å². The largest absolute Gasteiger partial charge is 0.306 e. The Hall–Kier alpha value is -1.60. The summed E-state index contributed by atoms with van der Waals surface area (Å²) in [4.78, 5) is 0. The second-order valence-corrected chi connectivity index (χ2v) is 6.96. The van der Waals surface area contributed by atoms with Gasteiger partial charge in [-0.2, -0.15) is 0 Å². The Morgan fingerprint density at radius 3 is 2.38 bits per heavy atom. The standard InChI is InChI=1S/C20H23N/c1-13(2)11-19-20-15-8-4-3-7-14(15)12-18(21-19)16-9-5-6-10-17(16)20/h3-10,13,18-21H,11-12H2,1-2H3/t18-,19-,20+/m0/s1. The minimum Gasteiger partial charge on any atom is -0.306 e. The maximum absolute atomic E-state index is 3.95. The second-order valence-electron chi connectivity index (χ2n) is 6.96. The molecule has 0 radical (unpaired) electrons. The topological polar surface area (TPSA) is 12.0 Å². The molecule has 2 aromatic carbocycles. The van der Waals surface area contributed by atoms with Crippen LogP contribution < -0.4 is 5.32 Å². The van der Waals surface area contributed by atoms with Crippen LogP contribution in [-0.4, -0.2) is 6.04 Å². The zero-order chi connectivity index (χ0) is 14.4. The molecule has 1 nitrogen and oxygen atoms in total. The maximum atomic E-state index is 3.95. The van der Waals surface area contributed by atoms with Crippen LogP contribution in [0.5, 0.6) is 0 Å². The third kappa shape index (κ3) is 2.11. The molecule has 2 aromatic rings. The molecular formula is C20H23N. The zero-order valence-corrected chi connectivity index (χ0v) is 12.8. The summed E-state index contributed by atoms with van der Waals surface area (Å²) in [5, 5.41) is 3.95. The molecule has 3 aliphatic rings. The quantitative estimate of drug-likeness (QED) is 0.856. The fraction of sp³-hybridized carbons (Fsp3) is 0.400. The molecule has 0 saturated heterocycles. The van der Waals surface area contributed by atoms with E-state index in [9.17, 15) is 0 Å². The summed E-state index contributed by atoms with van der Waals surface area (Å²) in [5.74, 6) is 1.24. The van der Waals surface area contributed by atoms with Crippen LogP contribution in [0.1, 0.15) is 54.5 Å².